The van der Waals surface area contributed by atoms with Gasteiger partial charge in [0, 0.05) is 5.56 Å². The van der Waals surface area contributed by atoms with Crippen molar-refractivity contribution in [2.24, 2.45) is 5.10 Å². The van der Waals surface area contributed by atoms with Crippen molar-refractivity contribution in [2.75, 3.05) is 14.2 Å². The van der Waals surface area contributed by atoms with E-state index in [1.54, 1.807) is 48.5 Å². The minimum absolute atomic E-state index is 0.0445. The number of methoxy groups -OCH3 is 2. The van der Waals surface area contributed by atoms with Gasteiger partial charge in [-0.2, -0.15) is 13.5 Å². The first-order valence-electron chi connectivity index (χ1n) is 9.95. The maximum Gasteiger partial charge on any atom is 0.339 e. The van der Waals surface area contributed by atoms with Gasteiger partial charge in [-0.05, 0) is 48.9 Å². The molecule has 3 rings (SSSR count). The Bertz CT molecular complexity index is 1250. The van der Waals surface area contributed by atoms with Crippen molar-refractivity contribution in [1.82, 2.24) is 5.43 Å². The molecule has 0 unspecified atom stereocenters. The van der Waals surface area contributed by atoms with Gasteiger partial charge < -0.3 is 13.7 Å². The van der Waals surface area contributed by atoms with Crippen LogP contribution in [-0.2, 0) is 21.3 Å². The highest BCUT2D eigenvalue weighted by Gasteiger charge is 2.18. The van der Waals surface area contributed by atoms with Crippen molar-refractivity contribution < 1.29 is 26.9 Å². The molecule has 0 radical (unpaired) electrons. The first-order chi connectivity index (χ1) is 15.8. The lowest BCUT2D eigenvalue weighted by atomic mass is 10.1. The fourth-order valence-electron chi connectivity index (χ4n) is 2.92. The zero-order valence-electron chi connectivity index (χ0n) is 18.4. The molecule has 3 aromatic rings. The topological polar surface area (TPSA) is 103 Å². The molecule has 0 saturated heterocycles. The molecule has 1 N–H and O–H groups in total. The molecule has 9 heteroatoms. The van der Waals surface area contributed by atoms with E-state index in [0.717, 1.165) is 5.56 Å². The van der Waals surface area contributed by atoms with Crippen LogP contribution in [0.2, 0.25) is 0 Å². The zero-order valence-corrected chi connectivity index (χ0v) is 19.3. The minimum atomic E-state index is -4.02. The first-order valence-corrected chi connectivity index (χ1v) is 11.4. The summed E-state index contributed by atoms with van der Waals surface area (Å²) in [4.78, 5) is 12.3. The average Bonchev–Trinajstić information content (AvgIpc) is 2.80. The lowest BCUT2D eigenvalue weighted by Crippen LogP contribution is -2.20. The van der Waals surface area contributed by atoms with Crippen molar-refractivity contribution in [3.8, 4) is 17.2 Å². The number of aryl methyl sites for hydroxylation is 1. The Morgan fingerprint density at radius 1 is 0.939 bits per heavy atom. The molecule has 1 amide bonds. The predicted octanol–water partition coefficient (Wildman–Crippen LogP) is 3.47. The highest BCUT2D eigenvalue weighted by Crippen LogP contribution is 2.27. The number of para-hydroxylation sites is 1. The number of benzene rings is 3. The van der Waals surface area contributed by atoms with E-state index >= 15 is 0 Å². The molecule has 0 saturated carbocycles. The lowest BCUT2D eigenvalue weighted by molar-refractivity contribution is -0.120. The summed E-state index contributed by atoms with van der Waals surface area (Å²) in [6.45, 7) is 1.86. The molecule has 0 spiro atoms. The zero-order chi connectivity index (χ0) is 23.8. The minimum Gasteiger partial charge on any atom is -0.493 e. The molecule has 0 fully saturated rings. The molecule has 0 aliphatic heterocycles. The molecule has 33 heavy (non-hydrogen) atoms. The normalized spacial score (nSPS) is 11.2. The molecule has 0 heterocycles. The molecule has 0 aliphatic rings. The number of hydrogen-bond acceptors (Lipinski definition) is 7. The summed E-state index contributed by atoms with van der Waals surface area (Å²) in [5.74, 6) is 0.823. The van der Waals surface area contributed by atoms with Gasteiger partial charge in [-0.15, -0.1) is 0 Å². The first kappa shape index (κ1) is 23.8. The van der Waals surface area contributed by atoms with Crippen LogP contribution in [0.15, 0.2) is 76.7 Å². The van der Waals surface area contributed by atoms with Gasteiger partial charge in [0.15, 0.2) is 17.2 Å². The van der Waals surface area contributed by atoms with Crippen molar-refractivity contribution >= 4 is 22.2 Å². The molecular weight excluding hydrogens is 444 g/mol. The summed E-state index contributed by atoms with van der Waals surface area (Å²) in [7, 11) is -0.966. The third-order valence-corrected chi connectivity index (χ3v) is 5.88. The summed E-state index contributed by atoms with van der Waals surface area (Å²) in [6.07, 6.45) is 1.39. The van der Waals surface area contributed by atoms with Crippen molar-refractivity contribution in [3.05, 3.63) is 83.4 Å². The number of rotatable bonds is 9. The van der Waals surface area contributed by atoms with Crippen molar-refractivity contribution in [3.63, 3.8) is 0 Å². The molecule has 0 atom stereocenters. The fraction of sp³-hybridized carbons (Fsp3) is 0.167. The quantitative estimate of drug-likeness (QED) is 0.293. The monoisotopic (exact) mass is 468 g/mol. The van der Waals surface area contributed by atoms with Gasteiger partial charge in [0.25, 0.3) is 0 Å². The largest absolute Gasteiger partial charge is 0.493 e. The van der Waals surface area contributed by atoms with Crippen LogP contribution in [0.4, 0.5) is 0 Å². The van der Waals surface area contributed by atoms with E-state index in [4.69, 9.17) is 13.7 Å². The maximum absolute atomic E-state index is 12.6. The van der Waals surface area contributed by atoms with Gasteiger partial charge >= 0.3 is 10.1 Å². The number of ether oxygens (including phenoxy) is 2. The van der Waals surface area contributed by atoms with Crippen LogP contribution >= 0.6 is 0 Å². The van der Waals surface area contributed by atoms with E-state index in [9.17, 15) is 13.2 Å². The third kappa shape index (κ3) is 6.33. The summed E-state index contributed by atoms with van der Waals surface area (Å²) in [5.41, 5.74) is 4.47. The second-order valence-corrected chi connectivity index (χ2v) is 8.59. The summed E-state index contributed by atoms with van der Waals surface area (Å²) < 4.78 is 40.9. The van der Waals surface area contributed by atoms with E-state index in [1.807, 2.05) is 6.92 Å². The molecular formula is C24H24N2O6S. The van der Waals surface area contributed by atoms with Gasteiger partial charge in [0.2, 0.25) is 5.91 Å². The number of nitrogens with zero attached hydrogens (tertiary/aromatic N) is 1. The second-order valence-electron chi connectivity index (χ2n) is 7.05. The van der Waals surface area contributed by atoms with Gasteiger partial charge in [0.05, 0.1) is 26.9 Å². The predicted molar refractivity (Wildman–Crippen MR) is 124 cm³/mol. The Labute approximate surface area is 192 Å². The molecule has 0 bridgehead atoms. The van der Waals surface area contributed by atoms with E-state index in [2.05, 4.69) is 10.5 Å². The SMILES string of the molecule is COc1ccc(CC(=O)N/N=C/c2ccccc2OS(=O)(=O)c2ccc(C)cc2)cc1OC. The Balaban J connectivity index is 1.67. The summed E-state index contributed by atoms with van der Waals surface area (Å²) in [6, 6.07) is 18.0. The Hall–Kier alpha value is -3.85. The average molecular weight is 469 g/mol. The van der Waals surface area contributed by atoms with Crippen LogP contribution in [0, 0.1) is 6.92 Å². The summed E-state index contributed by atoms with van der Waals surface area (Å²) >= 11 is 0. The smallest absolute Gasteiger partial charge is 0.339 e. The number of carbonyl (C=O) groups excluding carboxylic acids is 1. The van der Waals surface area contributed by atoms with Gasteiger partial charge in [-0.25, -0.2) is 5.43 Å². The third-order valence-electron chi connectivity index (χ3n) is 4.63. The Morgan fingerprint density at radius 2 is 1.64 bits per heavy atom. The highest BCUT2D eigenvalue weighted by molar-refractivity contribution is 7.87. The van der Waals surface area contributed by atoms with E-state index in [1.165, 1.54) is 38.6 Å². The Kier molecular flexibility index (Phi) is 7.68. The molecule has 3 aromatic carbocycles. The van der Waals surface area contributed by atoms with E-state index in [-0.39, 0.29) is 23.0 Å². The number of carbonyl (C=O) groups is 1. The van der Waals surface area contributed by atoms with Crippen molar-refractivity contribution in [2.45, 2.75) is 18.2 Å². The van der Waals surface area contributed by atoms with E-state index in [0.29, 0.717) is 22.6 Å². The lowest BCUT2D eigenvalue weighted by Gasteiger charge is -2.10. The van der Waals surface area contributed by atoms with Gasteiger partial charge in [-0.3, -0.25) is 4.79 Å². The molecule has 0 aromatic heterocycles. The fourth-order valence-corrected chi connectivity index (χ4v) is 3.88. The van der Waals surface area contributed by atoms with Crippen molar-refractivity contribution in [1.29, 1.82) is 0 Å². The number of hydrogen-bond donors (Lipinski definition) is 1. The van der Waals surface area contributed by atoms with Crippen LogP contribution in [0.3, 0.4) is 0 Å². The second kappa shape index (κ2) is 10.6. The van der Waals surface area contributed by atoms with Crippen LogP contribution in [0.25, 0.3) is 0 Å². The van der Waals surface area contributed by atoms with Crippen LogP contribution < -0.4 is 19.1 Å². The Morgan fingerprint density at radius 3 is 2.33 bits per heavy atom. The molecule has 0 aliphatic carbocycles. The molecule has 172 valence electrons. The van der Waals surface area contributed by atoms with Crippen LogP contribution in [-0.4, -0.2) is 34.8 Å². The number of nitrogens with one attached hydrogen (secondary N) is 1. The molecule has 8 nitrogen and oxygen atoms in total. The number of hydrazone groups is 1. The number of amides is 1. The standard InChI is InChI=1S/C24H24N2O6S/c1-17-8-11-20(12-9-17)33(28,29)32-21-7-5-4-6-19(21)16-25-26-24(27)15-18-10-13-22(30-2)23(14-18)31-3/h4-14,16H,15H2,1-3H3,(H,26,27)/b25-16+. The highest BCUT2D eigenvalue weighted by atomic mass is 32.2. The van der Waals surface area contributed by atoms with Gasteiger partial charge in [0.1, 0.15) is 4.90 Å². The van der Waals surface area contributed by atoms with Crippen LogP contribution in [0.1, 0.15) is 16.7 Å². The van der Waals surface area contributed by atoms with Crippen LogP contribution in [0.5, 0.6) is 17.2 Å². The van der Waals surface area contributed by atoms with E-state index < -0.39 is 10.1 Å². The summed E-state index contributed by atoms with van der Waals surface area (Å²) in [5, 5.41) is 3.93. The van der Waals surface area contributed by atoms with Gasteiger partial charge in [-0.1, -0.05) is 35.9 Å². The maximum atomic E-state index is 12.6.